The molecule has 0 unspecified atom stereocenters. The summed E-state index contributed by atoms with van der Waals surface area (Å²) in [5.41, 5.74) is -1.28. The summed E-state index contributed by atoms with van der Waals surface area (Å²) in [7, 11) is -4.24. The molecular weight excluding hydrogens is 495 g/mol. The molecule has 0 aliphatic rings. The minimum absolute atomic E-state index is 0.166. The molecule has 0 saturated carbocycles. The number of hydrogen-bond donors (Lipinski definition) is 3. The Bertz CT molecular complexity index is 655. The molecule has 0 heterocycles. The molecule has 36 heavy (non-hydrogen) atoms. The second kappa shape index (κ2) is 21.9. The summed E-state index contributed by atoms with van der Waals surface area (Å²) in [4.78, 5) is 50.1. The molecule has 0 fully saturated rings. The average molecular weight is 537 g/mol. The quantitative estimate of drug-likeness (QED) is 0.0686. The zero-order valence-electron chi connectivity index (χ0n) is 21.1. The van der Waals surface area contributed by atoms with E-state index in [0.29, 0.717) is 0 Å². The maximum Gasteiger partial charge on any atom is 0.469 e. The van der Waals surface area contributed by atoms with Crippen molar-refractivity contribution >= 4 is 25.7 Å². The highest BCUT2D eigenvalue weighted by Gasteiger charge is 2.35. The fraction of sp³-hybridized carbons (Fsp3) is 0.625. The van der Waals surface area contributed by atoms with Gasteiger partial charge in [-0.15, -0.1) is 0 Å². The highest BCUT2D eigenvalue weighted by molar-refractivity contribution is 7.46. The molecule has 0 saturated heterocycles. The zero-order chi connectivity index (χ0) is 27.9. The van der Waals surface area contributed by atoms with Gasteiger partial charge in [0, 0.05) is 18.2 Å². The first-order valence-electron chi connectivity index (χ1n) is 11.7. The van der Waals surface area contributed by atoms with Crippen molar-refractivity contribution in [1.29, 1.82) is 0 Å². The molecule has 12 heteroatoms. The van der Waals surface area contributed by atoms with Crippen LogP contribution in [0.5, 0.6) is 0 Å². The summed E-state index contributed by atoms with van der Waals surface area (Å²) in [5, 5.41) is 9.48. The smallest absolute Gasteiger partial charge is 0.462 e. The number of esters is 3. The largest absolute Gasteiger partial charge is 0.469 e. The van der Waals surface area contributed by atoms with Gasteiger partial charge in [0.2, 0.25) is 0 Å². The van der Waals surface area contributed by atoms with E-state index in [1.807, 2.05) is 0 Å². The summed E-state index contributed by atoms with van der Waals surface area (Å²) in [5.74, 6) is -2.17. The summed E-state index contributed by atoms with van der Waals surface area (Å²) >= 11 is 0. The second-order valence-corrected chi connectivity index (χ2v) is 9.13. The first-order valence-corrected chi connectivity index (χ1v) is 13.2. The highest BCUT2D eigenvalue weighted by Crippen LogP contribution is 2.35. The van der Waals surface area contributed by atoms with Crippen LogP contribution in [0.25, 0.3) is 0 Å². The van der Waals surface area contributed by atoms with Crippen LogP contribution >= 0.6 is 7.82 Å². The molecule has 0 aromatic rings. The summed E-state index contributed by atoms with van der Waals surface area (Å²) < 4.78 is 29.1. The second-order valence-electron chi connectivity index (χ2n) is 7.89. The predicted molar refractivity (Wildman–Crippen MR) is 134 cm³/mol. The predicted octanol–water partition coefficient (Wildman–Crippen LogP) is 3.39. The van der Waals surface area contributed by atoms with Crippen molar-refractivity contribution < 1.29 is 52.6 Å². The fourth-order valence-corrected chi connectivity index (χ4v) is 2.90. The minimum Gasteiger partial charge on any atom is -0.462 e. The molecule has 0 aromatic heterocycles. The Morgan fingerprint density at radius 3 is 1.42 bits per heavy atom. The molecule has 0 spiro atoms. The van der Waals surface area contributed by atoms with Crippen molar-refractivity contribution in [1.82, 2.24) is 0 Å². The first kappa shape index (κ1) is 35.9. The highest BCUT2D eigenvalue weighted by atomic mass is 31.2. The van der Waals surface area contributed by atoms with E-state index in [0.717, 1.165) is 37.5 Å². The topological polar surface area (TPSA) is 166 Å². The van der Waals surface area contributed by atoms with Crippen LogP contribution in [0.4, 0.5) is 0 Å². The van der Waals surface area contributed by atoms with E-state index in [1.165, 1.54) is 32.1 Å². The lowest BCUT2D eigenvalue weighted by Crippen LogP contribution is -2.42. The minimum atomic E-state index is -4.24. The Morgan fingerprint density at radius 2 is 1.11 bits per heavy atom. The third-order valence-electron chi connectivity index (χ3n) is 4.65. The van der Waals surface area contributed by atoms with Gasteiger partial charge in [0.05, 0.1) is 18.6 Å². The van der Waals surface area contributed by atoms with Crippen LogP contribution in [0.1, 0.15) is 58.3 Å². The number of ether oxygens (including phenoxy) is 3. The molecule has 0 radical (unpaired) electrons. The third kappa shape index (κ3) is 22.2. The number of aliphatic hydroxyl groups excluding tert-OH is 1. The lowest BCUT2D eigenvalue weighted by atomic mass is 9.92. The Balaban J connectivity index is 0. The average Bonchev–Trinajstić information content (AvgIpc) is 2.86. The van der Waals surface area contributed by atoms with E-state index in [-0.39, 0.29) is 26.4 Å². The number of carbonyl (C=O) groups is 3. The number of carbonyl (C=O) groups excluding carboxylic acids is 3. The number of unbranched alkanes of at least 4 members (excludes halogenated alkanes) is 7. The van der Waals surface area contributed by atoms with Gasteiger partial charge in [0.15, 0.2) is 0 Å². The standard InChI is InChI=1S/C14H18O7.C10H23O4P/c1-4-11(16)19-8-14(7-15,9-20-12(17)5-2)10-21-13(18)6-3;1-2-3-4-5-6-7-8-9-10-14-15(11,12)13/h4-6,15H,1-3,7-10H2;2-10H2,1H3,(H2,11,12,13). The van der Waals surface area contributed by atoms with Crippen LogP contribution in [0.15, 0.2) is 38.0 Å². The molecule has 0 amide bonds. The Kier molecular flexibility index (Phi) is 21.9. The summed E-state index contributed by atoms with van der Waals surface area (Å²) in [6, 6.07) is 0. The van der Waals surface area contributed by atoms with Gasteiger partial charge in [-0.1, -0.05) is 71.6 Å². The Hall–Kier alpha value is -2.30. The monoisotopic (exact) mass is 536 g/mol. The molecule has 0 aliphatic carbocycles. The summed E-state index contributed by atoms with van der Waals surface area (Å²) in [6.45, 7) is 10.5. The molecule has 0 aliphatic heterocycles. The van der Waals surface area contributed by atoms with Gasteiger partial charge in [-0.25, -0.2) is 18.9 Å². The molecule has 0 rings (SSSR count). The van der Waals surface area contributed by atoms with Gasteiger partial charge in [-0.05, 0) is 6.42 Å². The Labute approximate surface area is 213 Å². The van der Waals surface area contributed by atoms with Crippen LogP contribution in [-0.2, 0) is 37.7 Å². The maximum atomic E-state index is 11.1. The van der Waals surface area contributed by atoms with Crippen LogP contribution in [0.2, 0.25) is 0 Å². The van der Waals surface area contributed by atoms with Crippen molar-refractivity contribution in [2.24, 2.45) is 5.41 Å². The van der Waals surface area contributed by atoms with E-state index in [4.69, 9.17) is 24.0 Å². The summed E-state index contributed by atoms with van der Waals surface area (Å²) in [6.07, 6.45) is 12.0. The number of rotatable bonds is 20. The number of aliphatic hydroxyl groups is 1. The zero-order valence-corrected chi connectivity index (χ0v) is 22.0. The van der Waals surface area contributed by atoms with Gasteiger partial charge in [0.1, 0.15) is 19.8 Å². The first-order chi connectivity index (χ1) is 17.0. The fourth-order valence-electron chi connectivity index (χ4n) is 2.53. The van der Waals surface area contributed by atoms with E-state index in [9.17, 15) is 24.1 Å². The van der Waals surface area contributed by atoms with Crippen LogP contribution in [0.3, 0.4) is 0 Å². The molecule has 11 nitrogen and oxygen atoms in total. The van der Waals surface area contributed by atoms with Gasteiger partial charge in [-0.2, -0.15) is 0 Å². The van der Waals surface area contributed by atoms with E-state index >= 15 is 0 Å². The molecule has 0 bridgehead atoms. The van der Waals surface area contributed by atoms with E-state index in [1.54, 1.807) is 0 Å². The van der Waals surface area contributed by atoms with E-state index in [2.05, 4.69) is 31.2 Å². The lowest BCUT2D eigenvalue weighted by Gasteiger charge is -2.29. The van der Waals surface area contributed by atoms with Crippen molar-refractivity contribution in [3.8, 4) is 0 Å². The SMILES string of the molecule is C=CC(=O)OCC(CO)(COC(=O)C=C)COC(=O)C=C.CCCCCCCCCCOP(=O)(O)O. The van der Waals surface area contributed by atoms with Crippen molar-refractivity contribution in [3.63, 3.8) is 0 Å². The van der Waals surface area contributed by atoms with Crippen LogP contribution < -0.4 is 0 Å². The Morgan fingerprint density at radius 1 is 0.750 bits per heavy atom. The number of phosphoric ester groups is 1. The van der Waals surface area contributed by atoms with E-state index < -0.39 is 37.8 Å². The van der Waals surface area contributed by atoms with Crippen LogP contribution in [0, 0.1) is 5.41 Å². The van der Waals surface area contributed by atoms with Gasteiger partial charge in [-0.3, -0.25) is 4.52 Å². The van der Waals surface area contributed by atoms with Crippen molar-refractivity contribution in [2.45, 2.75) is 58.3 Å². The maximum absolute atomic E-state index is 11.1. The number of phosphoric acid groups is 1. The van der Waals surface area contributed by atoms with Crippen LogP contribution in [-0.4, -0.2) is 65.8 Å². The molecule has 3 N–H and O–H groups in total. The van der Waals surface area contributed by atoms with Crippen molar-refractivity contribution in [3.05, 3.63) is 38.0 Å². The lowest BCUT2D eigenvalue weighted by molar-refractivity contribution is -0.159. The van der Waals surface area contributed by atoms with Crippen molar-refractivity contribution in [2.75, 3.05) is 33.0 Å². The van der Waals surface area contributed by atoms with Gasteiger partial charge < -0.3 is 29.1 Å². The number of hydrogen-bond acceptors (Lipinski definition) is 9. The normalized spacial score (nSPS) is 10.9. The van der Waals surface area contributed by atoms with Gasteiger partial charge in [0.25, 0.3) is 0 Å². The molecule has 0 aromatic carbocycles. The molecular formula is C24H41O11P. The molecule has 208 valence electrons. The third-order valence-corrected chi connectivity index (χ3v) is 5.17. The van der Waals surface area contributed by atoms with Gasteiger partial charge >= 0.3 is 25.7 Å². The molecule has 0 atom stereocenters.